The highest BCUT2D eigenvalue weighted by atomic mass is 16.2. The molecule has 0 bridgehead atoms. The summed E-state index contributed by atoms with van der Waals surface area (Å²) in [6, 6.07) is 38.9. The molecular formula is C40H46N4O3. The maximum absolute atomic E-state index is 14.6. The largest absolute Gasteiger partial charge is 0.350 e. The summed E-state index contributed by atoms with van der Waals surface area (Å²) in [6.45, 7) is 3.17. The zero-order valence-electron chi connectivity index (χ0n) is 27.2. The van der Waals surface area contributed by atoms with Crippen LogP contribution in [0.5, 0.6) is 0 Å². The monoisotopic (exact) mass is 630 g/mol. The molecule has 47 heavy (non-hydrogen) atoms. The molecule has 1 heterocycles. The molecular weight excluding hydrogens is 584 g/mol. The quantitative estimate of drug-likeness (QED) is 0.151. The van der Waals surface area contributed by atoms with E-state index in [1.54, 1.807) is 4.90 Å². The van der Waals surface area contributed by atoms with Crippen LogP contribution in [0.1, 0.15) is 73.1 Å². The van der Waals surface area contributed by atoms with Crippen molar-refractivity contribution < 1.29 is 14.4 Å². The topological polar surface area (TPSA) is 105 Å². The van der Waals surface area contributed by atoms with Crippen molar-refractivity contribution in [1.29, 1.82) is 0 Å². The van der Waals surface area contributed by atoms with Crippen molar-refractivity contribution in [3.8, 4) is 0 Å². The van der Waals surface area contributed by atoms with Crippen LogP contribution in [0.4, 0.5) is 0 Å². The Kier molecular flexibility index (Phi) is 11.6. The van der Waals surface area contributed by atoms with Crippen LogP contribution in [0.25, 0.3) is 0 Å². The van der Waals surface area contributed by atoms with E-state index in [2.05, 4.69) is 10.6 Å². The van der Waals surface area contributed by atoms with Gasteiger partial charge < -0.3 is 21.3 Å². The van der Waals surface area contributed by atoms with Gasteiger partial charge in [0.05, 0.1) is 0 Å². The summed E-state index contributed by atoms with van der Waals surface area (Å²) in [5, 5.41) is 6.12. The van der Waals surface area contributed by atoms with Crippen molar-refractivity contribution >= 4 is 17.7 Å². The summed E-state index contributed by atoms with van der Waals surface area (Å²) in [6.07, 6.45) is 2.74. The highest BCUT2D eigenvalue weighted by Gasteiger charge is 2.53. The summed E-state index contributed by atoms with van der Waals surface area (Å²) < 4.78 is 0. The van der Waals surface area contributed by atoms with Crippen LogP contribution in [-0.4, -0.2) is 47.3 Å². The number of nitrogens with two attached hydrogens (primary N) is 1. The average molecular weight is 631 g/mol. The number of likely N-dealkylation sites (tertiary alicyclic amines) is 1. The first-order valence-corrected chi connectivity index (χ1v) is 16.7. The smallest absolute Gasteiger partial charge is 0.246 e. The molecule has 7 nitrogen and oxygen atoms in total. The number of amides is 3. The molecule has 1 aliphatic heterocycles. The number of nitrogens with one attached hydrogen (secondary N) is 2. The number of rotatable bonds is 14. The molecule has 5 rings (SSSR count). The molecule has 3 atom stereocenters. The minimum Gasteiger partial charge on any atom is -0.350 e. The van der Waals surface area contributed by atoms with Gasteiger partial charge in [0.2, 0.25) is 17.7 Å². The lowest BCUT2D eigenvalue weighted by Crippen LogP contribution is -2.61. The first-order chi connectivity index (χ1) is 22.9. The average Bonchev–Trinajstić information content (AvgIpc) is 3.48. The number of carbonyl (C=O) groups excluding carboxylic acids is 3. The lowest BCUT2D eigenvalue weighted by molar-refractivity contribution is -0.146. The maximum atomic E-state index is 14.6. The minimum atomic E-state index is -1.21. The number of benzene rings is 4. The van der Waals surface area contributed by atoms with Gasteiger partial charge in [0.25, 0.3) is 0 Å². The summed E-state index contributed by atoms with van der Waals surface area (Å²) in [5.74, 6) is -1.06. The van der Waals surface area contributed by atoms with Gasteiger partial charge in [0.15, 0.2) is 0 Å². The Balaban J connectivity index is 1.43. The summed E-state index contributed by atoms with van der Waals surface area (Å²) in [5.41, 5.74) is 8.63. The van der Waals surface area contributed by atoms with Crippen LogP contribution in [0.3, 0.4) is 0 Å². The highest BCUT2D eigenvalue weighted by Crippen LogP contribution is 2.44. The second kappa shape index (κ2) is 16.2. The van der Waals surface area contributed by atoms with Gasteiger partial charge in [0, 0.05) is 31.3 Å². The van der Waals surface area contributed by atoms with E-state index in [1.165, 1.54) is 0 Å². The highest BCUT2D eigenvalue weighted by molar-refractivity contribution is 5.96. The van der Waals surface area contributed by atoms with Crippen LogP contribution in [0.2, 0.25) is 0 Å². The van der Waals surface area contributed by atoms with Crippen molar-refractivity contribution in [2.75, 3.05) is 13.1 Å². The molecule has 244 valence electrons. The molecule has 1 saturated heterocycles. The predicted molar refractivity (Wildman–Crippen MR) is 186 cm³/mol. The lowest BCUT2D eigenvalue weighted by atomic mass is 9.79. The van der Waals surface area contributed by atoms with Crippen molar-refractivity contribution in [2.24, 2.45) is 5.73 Å². The fourth-order valence-corrected chi connectivity index (χ4v) is 6.86. The second-order valence-electron chi connectivity index (χ2n) is 12.5. The molecule has 3 amide bonds. The fourth-order valence-electron chi connectivity index (χ4n) is 6.86. The van der Waals surface area contributed by atoms with Gasteiger partial charge in [-0.1, -0.05) is 121 Å². The Morgan fingerprint density at radius 2 is 1.36 bits per heavy atom. The van der Waals surface area contributed by atoms with Gasteiger partial charge in [-0.15, -0.1) is 0 Å². The zero-order valence-corrected chi connectivity index (χ0v) is 27.2. The molecule has 2 unspecified atom stereocenters. The van der Waals surface area contributed by atoms with E-state index in [1.807, 2.05) is 128 Å². The molecule has 4 aromatic carbocycles. The number of carbonyl (C=O) groups is 3. The summed E-state index contributed by atoms with van der Waals surface area (Å²) >= 11 is 0. The lowest BCUT2D eigenvalue weighted by Gasteiger charge is -2.39. The van der Waals surface area contributed by atoms with Gasteiger partial charge in [-0.05, 0) is 61.4 Å². The third-order valence-corrected chi connectivity index (χ3v) is 9.50. The Hall–Kier alpha value is -4.75. The molecule has 0 radical (unpaired) electrons. The van der Waals surface area contributed by atoms with Crippen LogP contribution in [0, 0.1) is 0 Å². The van der Waals surface area contributed by atoms with Crippen LogP contribution < -0.4 is 16.4 Å². The van der Waals surface area contributed by atoms with Gasteiger partial charge >= 0.3 is 0 Å². The van der Waals surface area contributed by atoms with E-state index in [0.717, 1.165) is 28.7 Å². The Labute approximate surface area is 278 Å². The van der Waals surface area contributed by atoms with Crippen molar-refractivity contribution in [3.63, 3.8) is 0 Å². The Bertz CT molecular complexity index is 1540. The van der Waals surface area contributed by atoms with Gasteiger partial charge in [0.1, 0.15) is 11.6 Å². The van der Waals surface area contributed by atoms with Crippen molar-refractivity contribution in [3.05, 3.63) is 144 Å². The number of hydrogen-bond donors (Lipinski definition) is 3. The summed E-state index contributed by atoms with van der Waals surface area (Å²) in [4.78, 5) is 44.4. The second-order valence-corrected chi connectivity index (χ2v) is 12.5. The third-order valence-electron chi connectivity index (χ3n) is 9.50. The number of unbranched alkanes of at least 4 members (excludes halogenated alkanes) is 1. The fraction of sp³-hybridized carbons (Fsp3) is 0.325. The first-order valence-electron chi connectivity index (χ1n) is 16.7. The molecule has 4 aromatic rings. The number of nitrogens with zero attached hydrogens (tertiary/aromatic N) is 1. The molecule has 4 N–H and O–H groups in total. The minimum absolute atomic E-state index is 0.0907. The van der Waals surface area contributed by atoms with Crippen LogP contribution >= 0.6 is 0 Å². The first kappa shape index (κ1) is 33.6. The molecule has 1 aliphatic rings. The maximum Gasteiger partial charge on any atom is 0.246 e. The SMILES string of the molecule is CC1(C(=O)N[C@@H](CCCCN)C(=O)NCc2ccccc2)C(c2ccccc2)CCN1C(=O)CC(c1ccccc1)c1ccccc1. The summed E-state index contributed by atoms with van der Waals surface area (Å²) in [7, 11) is 0. The molecule has 1 fully saturated rings. The van der Waals surface area contributed by atoms with E-state index < -0.39 is 11.6 Å². The zero-order chi connectivity index (χ0) is 33.1. The van der Waals surface area contributed by atoms with Crippen LogP contribution in [0.15, 0.2) is 121 Å². The third kappa shape index (κ3) is 8.16. The molecule has 0 spiro atoms. The molecule has 7 heteroatoms. The van der Waals surface area contributed by atoms with Crippen molar-refractivity contribution in [2.45, 2.75) is 69.0 Å². The van der Waals surface area contributed by atoms with Gasteiger partial charge in [-0.25, -0.2) is 0 Å². The molecule has 0 saturated carbocycles. The van der Waals surface area contributed by atoms with Gasteiger partial charge in [-0.3, -0.25) is 14.4 Å². The number of hydrogen-bond acceptors (Lipinski definition) is 4. The Morgan fingerprint density at radius 1 is 0.809 bits per heavy atom. The van der Waals surface area contributed by atoms with Gasteiger partial charge in [-0.2, -0.15) is 0 Å². The van der Waals surface area contributed by atoms with E-state index in [0.29, 0.717) is 38.9 Å². The van der Waals surface area contributed by atoms with E-state index in [-0.39, 0.29) is 36.0 Å². The molecule has 0 aromatic heterocycles. The standard InChI is InChI=1S/C40H46N4O3/c1-40(39(47)43-36(24-14-15-26-41)38(46)42-29-30-16-6-2-7-17-30)35(33-22-12-5-13-23-33)25-27-44(40)37(45)28-34(31-18-8-3-9-19-31)32-20-10-4-11-21-32/h2-13,16-23,34-36H,14-15,24-29,41H2,1H3,(H,42,46)(H,43,47)/t35?,36-,40?/m0/s1. The normalized spacial score (nSPS) is 18.1. The van der Waals surface area contributed by atoms with E-state index >= 15 is 0 Å². The Morgan fingerprint density at radius 3 is 1.94 bits per heavy atom. The van der Waals surface area contributed by atoms with Crippen molar-refractivity contribution in [1.82, 2.24) is 15.5 Å². The van der Waals surface area contributed by atoms with Crippen LogP contribution in [-0.2, 0) is 20.9 Å². The molecule has 0 aliphatic carbocycles. The van der Waals surface area contributed by atoms with E-state index in [9.17, 15) is 14.4 Å². The predicted octanol–water partition coefficient (Wildman–Crippen LogP) is 5.91. The van der Waals surface area contributed by atoms with E-state index in [4.69, 9.17) is 5.73 Å².